The second kappa shape index (κ2) is 8.05. The molecule has 0 aromatic heterocycles. The summed E-state index contributed by atoms with van der Waals surface area (Å²) in [6.07, 6.45) is 1.49. The lowest BCUT2D eigenvalue weighted by Gasteiger charge is -2.24. The van der Waals surface area contributed by atoms with Crippen molar-refractivity contribution >= 4 is 5.91 Å². The SMILES string of the molecule is CCN(CCc1ccccc1)C(=O)CCNC(C)(C)C. The van der Waals surface area contributed by atoms with Crippen LogP contribution in [0.2, 0.25) is 0 Å². The molecule has 3 heteroatoms. The molecule has 0 aliphatic carbocycles. The van der Waals surface area contributed by atoms with Crippen LogP contribution in [-0.2, 0) is 11.2 Å². The van der Waals surface area contributed by atoms with E-state index in [4.69, 9.17) is 0 Å². The molecular weight excluding hydrogens is 248 g/mol. The third-order valence-electron chi connectivity index (χ3n) is 3.24. The number of hydrogen-bond donors (Lipinski definition) is 1. The summed E-state index contributed by atoms with van der Waals surface area (Å²) < 4.78 is 0. The van der Waals surface area contributed by atoms with Crippen LogP contribution in [0.15, 0.2) is 30.3 Å². The number of carbonyl (C=O) groups is 1. The van der Waals surface area contributed by atoms with E-state index in [1.54, 1.807) is 0 Å². The number of benzene rings is 1. The molecule has 20 heavy (non-hydrogen) atoms. The Morgan fingerprint density at radius 3 is 2.40 bits per heavy atom. The Kier molecular flexibility index (Phi) is 6.73. The monoisotopic (exact) mass is 276 g/mol. The summed E-state index contributed by atoms with van der Waals surface area (Å²) in [5.41, 5.74) is 1.35. The van der Waals surface area contributed by atoms with E-state index in [9.17, 15) is 4.79 Å². The van der Waals surface area contributed by atoms with E-state index < -0.39 is 0 Å². The van der Waals surface area contributed by atoms with Crippen LogP contribution < -0.4 is 5.32 Å². The van der Waals surface area contributed by atoms with Crippen molar-refractivity contribution in [2.45, 2.75) is 46.1 Å². The van der Waals surface area contributed by atoms with E-state index in [0.717, 1.165) is 26.1 Å². The van der Waals surface area contributed by atoms with Crippen molar-refractivity contribution in [3.8, 4) is 0 Å². The van der Waals surface area contributed by atoms with Crippen molar-refractivity contribution in [3.05, 3.63) is 35.9 Å². The topological polar surface area (TPSA) is 32.3 Å². The summed E-state index contributed by atoms with van der Waals surface area (Å²) in [5, 5.41) is 3.36. The lowest BCUT2D eigenvalue weighted by Crippen LogP contribution is -2.40. The van der Waals surface area contributed by atoms with E-state index in [0.29, 0.717) is 6.42 Å². The molecule has 0 unspecified atom stereocenters. The Labute approximate surface area is 123 Å². The zero-order valence-electron chi connectivity index (χ0n) is 13.3. The van der Waals surface area contributed by atoms with Gasteiger partial charge in [-0.3, -0.25) is 4.79 Å². The molecule has 1 aromatic rings. The quantitative estimate of drug-likeness (QED) is 0.830. The minimum atomic E-state index is 0.0708. The highest BCUT2D eigenvalue weighted by molar-refractivity contribution is 5.76. The van der Waals surface area contributed by atoms with Crippen molar-refractivity contribution in [1.29, 1.82) is 0 Å². The Bertz CT molecular complexity index is 395. The molecule has 0 atom stereocenters. The summed E-state index contributed by atoms with van der Waals surface area (Å²) in [6, 6.07) is 10.3. The highest BCUT2D eigenvalue weighted by Crippen LogP contribution is 2.04. The fraction of sp³-hybridized carbons (Fsp3) is 0.588. The molecule has 3 nitrogen and oxygen atoms in total. The summed E-state index contributed by atoms with van der Waals surface area (Å²) in [6.45, 7) is 10.7. The Hall–Kier alpha value is -1.35. The van der Waals surface area contributed by atoms with Gasteiger partial charge in [-0.15, -0.1) is 0 Å². The lowest BCUT2D eigenvalue weighted by atomic mass is 10.1. The van der Waals surface area contributed by atoms with Gasteiger partial charge in [-0.2, -0.15) is 0 Å². The van der Waals surface area contributed by atoms with Crippen molar-refractivity contribution in [2.75, 3.05) is 19.6 Å². The number of hydrogen-bond acceptors (Lipinski definition) is 2. The number of likely N-dealkylation sites (N-methyl/N-ethyl adjacent to an activating group) is 1. The first kappa shape index (κ1) is 16.7. The van der Waals surface area contributed by atoms with E-state index in [-0.39, 0.29) is 11.4 Å². The largest absolute Gasteiger partial charge is 0.343 e. The van der Waals surface area contributed by atoms with Gasteiger partial charge >= 0.3 is 0 Å². The van der Waals surface area contributed by atoms with E-state index in [1.165, 1.54) is 5.56 Å². The Morgan fingerprint density at radius 1 is 1.20 bits per heavy atom. The van der Waals surface area contributed by atoms with Gasteiger partial charge in [0.2, 0.25) is 5.91 Å². The predicted molar refractivity (Wildman–Crippen MR) is 84.8 cm³/mol. The lowest BCUT2D eigenvalue weighted by molar-refractivity contribution is -0.130. The molecule has 0 aliphatic heterocycles. The van der Waals surface area contributed by atoms with Crippen LogP contribution in [0, 0.1) is 0 Å². The average molecular weight is 276 g/mol. The molecule has 112 valence electrons. The molecule has 1 amide bonds. The molecule has 1 rings (SSSR count). The molecule has 1 N–H and O–H groups in total. The number of amides is 1. The van der Waals surface area contributed by atoms with Crippen LogP contribution in [0.5, 0.6) is 0 Å². The highest BCUT2D eigenvalue weighted by atomic mass is 16.2. The molecule has 0 fully saturated rings. The van der Waals surface area contributed by atoms with E-state index in [2.05, 4.69) is 38.2 Å². The zero-order valence-corrected chi connectivity index (χ0v) is 13.3. The second-order valence-electron chi connectivity index (χ2n) is 6.14. The summed E-state index contributed by atoms with van der Waals surface area (Å²) in [4.78, 5) is 14.1. The number of carbonyl (C=O) groups excluding carboxylic acids is 1. The molecular formula is C17H28N2O. The molecule has 0 aliphatic rings. The number of nitrogens with one attached hydrogen (secondary N) is 1. The predicted octanol–water partition coefficient (Wildman–Crippen LogP) is 2.86. The number of rotatable bonds is 7. The summed E-state index contributed by atoms with van der Waals surface area (Å²) >= 11 is 0. The summed E-state index contributed by atoms with van der Waals surface area (Å²) in [5.74, 6) is 0.236. The van der Waals surface area contributed by atoms with Gasteiger partial charge in [0.1, 0.15) is 0 Å². The van der Waals surface area contributed by atoms with Gasteiger partial charge in [0.25, 0.3) is 0 Å². The maximum absolute atomic E-state index is 12.2. The molecule has 0 saturated heterocycles. The Morgan fingerprint density at radius 2 is 1.85 bits per heavy atom. The number of nitrogens with zero attached hydrogens (tertiary/aromatic N) is 1. The van der Waals surface area contributed by atoms with Crippen LogP contribution >= 0.6 is 0 Å². The highest BCUT2D eigenvalue weighted by Gasteiger charge is 2.13. The fourth-order valence-electron chi connectivity index (χ4n) is 2.07. The third-order valence-corrected chi connectivity index (χ3v) is 3.24. The van der Waals surface area contributed by atoms with E-state index in [1.807, 2.05) is 30.0 Å². The van der Waals surface area contributed by atoms with Crippen LogP contribution in [0.1, 0.15) is 39.7 Å². The molecule has 0 heterocycles. The van der Waals surface area contributed by atoms with Crippen LogP contribution in [0.4, 0.5) is 0 Å². The second-order valence-corrected chi connectivity index (χ2v) is 6.14. The molecule has 0 bridgehead atoms. The first-order valence-corrected chi connectivity index (χ1v) is 7.49. The van der Waals surface area contributed by atoms with Crippen LogP contribution in [-0.4, -0.2) is 36.0 Å². The first-order chi connectivity index (χ1) is 9.42. The van der Waals surface area contributed by atoms with Gasteiger partial charge in [-0.1, -0.05) is 30.3 Å². The summed E-state index contributed by atoms with van der Waals surface area (Å²) in [7, 11) is 0. The van der Waals surface area contributed by atoms with E-state index >= 15 is 0 Å². The molecule has 1 aromatic carbocycles. The zero-order chi connectivity index (χ0) is 15.0. The van der Waals surface area contributed by atoms with Gasteiger partial charge in [0.05, 0.1) is 0 Å². The van der Waals surface area contributed by atoms with Crippen molar-refractivity contribution < 1.29 is 4.79 Å². The van der Waals surface area contributed by atoms with Crippen molar-refractivity contribution in [3.63, 3.8) is 0 Å². The average Bonchev–Trinajstić information content (AvgIpc) is 2.39. The first-order valence-electron chi connectivity index (χ1n) is 7.49. The van der Waals surface area contributed by atoms with Gasteiger partial charge < -0.3 is 10.2 Å². The third kappa shape index (κ3) is 6.71. The Balaban J connectivity index is 2.36. The molecule has 0 saturated carbocycles. The minimum absolute atomic E-state index is 0.0708. The fourth-order valence-corrected chi connectivity index (χ4v) is 2.07. The van der Waals surface area contributed by atoms with Gasteiger partial charge in [0, 0.05) is 31.6 Å². The molecule has 0 spiro atoms. The normalized spacial score (nSPS) is 11.4. The smallest absolute Gasteiger partial charge is 0.223 e. The van der Waals surface area contributed by atoms with Gasteiger partial charge in [-0.05, 0) is 39.7 Å². The minimum Gasteiger partial charge on any atom is -0.343 e. The molecule has 0 radical (unpaired) electrons. The van der Waals surface area contributed by atoms with Gasteiger partial charge in [0.15, 0.2) is 0 Å². The maximum atomic E-state index is 12.2. The van der Waals surface area contributed by atoms with Crippen molar-refractivity contribution in [2.24, 2.45) is 0 Å². The van der Waals surface area contributed by atoms with Crippen molar-refractivity contribution in [1.82, 2.24) is 10.2 Å². The van der Waals surface area contributed by atoms with Gasteiger partial charge in [-0.25, -0.2) is 0 Å². The van der Waals surface area contributed by atoms with Crippen LogP contribution in [0.3, 0.4) is 0 Å². The standard InChI is InChI=1S/C17H28N2O/c1-5-19(14-12-15-9-7-6-8-10-15)16(20)11-13-18-17(2,3)4/h6-10,18H,5,11-14H2,1-4H3. The maximum Gasteiger partial charge on any atom is 0.223 e. The van der Waals surface area contributed by atoms with Crippen LogP contribution in [0.25, 0.3) is 0 Å².